The lowest BCUT2D eigenvalue weighted by Crippen LogP contribution is -2.33. The highest BCUT2D eigenvalue weighted by molar-refractivity contribution is 5.95. The molecule has 0 aromatic heterocycles. The highest BCUT2D eigenvalue weighted by Gasteiger charge is 2.08. The van der Waals surface area contributed by atoms with Crippen LogP contribution in [0.25, 0.3) is 0 Å². The van der Waals surface area contributed by atoms with E-state index >= 15 is 0 Å². The number of hydrogen-bond donors (Lipinski definition) is 3. The van der Waals surface area contributed by atoms with Gasteiger partial charge in [-0.05, 0) is 42.3 Å². The van der Waals surface area contributed by atoms with Crippen LogP contribution in [0.5, 0.6) is 0 Å². The van der Waals surface area contributed by atoms with Gasteiger partial charge in [-0.1, -0.05) is 24.3 Å². The van der Waals surface area contributed by atoms with E-state index in [1.165, 1.54) is 6.92 Å². The Morgan fingerprint density at radius 2 is 1.44 bits per heavy atom. The summed E-state index contributed by atoms with van der Waals surface area (Å²) in [6, 6.07) is 14.4. The Labute approximate surface area is 146 Å². The minimum atomic E-state index is -0.314. The second-order valence-corrected chi connectivity index (χ2v) is 5.69. The second-order valence-electron chi connectivity index (χ2n) is 5.69. The lowest BCUT2D eigenvalue weighted by Gasteiger charge is -2.09. The van der Waals surface area contributed by atoms with Crippen molar-refractivity contribution in [2.75, 3.05) is 17.2 Å². The van der Waals surface area contributed by atoms with Gasteiger partial charge in [0.05, 0.1) is 13.0 Å². The second kappa shape index (κ2) is 8.63. The Kier molecular flexibility index (Phi) is 6.28. The summed E-state index contributed by atoms with van der Waals surface area (Å²) in [6.07, 6.45) is 0.241. The molecule has 3 N–H and O–H groups in total. The van der Waals surface area contributed by atoms with Gasteiger partial charge < -0.3 is 16.0 Å². The number of carbonyl (C=O) groups excluding carboxylic acids is 3. The van der Waals surface area contributed by atoms with Gasteiger partial charge >= 0.3 is 0 Å². The van der Waals surface area contributed by atoms with Crippen molar-refractivity contribution in [3.05, 3.63) is 59.7 Å². The molecule has 2 rings (SSSR count). The van der Waals surface area contributed by atoms with Gasteiger partial charge in [0.2, 0.25) is 17.7 Å². The zero-order valence-electron chi connectivity index (χ0n) is 14.3. The van der Waals surface area contributed by atoms with E-state index in [2.05, 4.69) is 16.0 Å². The molecule has 0 fully saturated rings. The van der Waals surface area contributed by atoms with Crippen LogP contribution in [0.15, 0.2) is 48.5 Å². The quantitative estimate of drug-likeness (QED) is 0.754. The number of benzene rings is 2. The topological polar surface area (TPSA) is 87.3 Å². The molecular weight excluding hydrogens is 318 g/mol. The van der Waals surface area contributed by atoms with Gasteiger partial charge in [-0.3, -0.25) is 14.4 Å². The average Bonchev–Trinajstić information content (AvgIpc) is 2.56. The highest BCUT2D eigenvalue weighted by Crippen LogP contribution is 2.13. The lowest BCUT2D eigenvalue weighted by molar-refractivity contribution is -0.123. The van der Waals surface area contributed by atoms with Crippen LogP contribution in [0.3, 0.4) is 0 Å². The SMILES string of the molecule is CC(=O)Nc1ccc(NC(=O)CNC(=O)Cc2ccccc2C)cc1. The van der Waals surface area contributed by atoms with E-state index in [0.717, 1.165) is 11.1 Å². The molecule has 0 aliphatic heterocycles. The molecule has 0 aliphatic rings. The minimum absolute atomic E-state index is 0.0990. The zero-order valence-corrected chi connectivity index (χ0v) is 14.3. The van der Waals surface area contributed by atoms with Crippen molar-refractivity contribution in [2.45, 2.75) is 20.3 Å². The molecule has 0 heterocycles. The fourth-order valence-electron chi connectivity index (χ4n) is 2.27. The van der Waals surface area contributed by atoms with Crippen LogP contribution < -0.4 is 16.0 Å². The Bertz CT molecular complexity index is 770. The summed E-state index contributed by atoms with van der Waals surface area (Å²) in [5.74, 6) is -0.677. The van der Waals surface area contributed by atoms with Gasteiger partial charge in [0.25, 0.3) is 0 Å². The molecule has 0 spiro atoms. The smallest absolute Gasteiger partial charge is 0.243 e. The van der Waals surface area contributed by atoms with Crippen molar-refractivity contribution in [1.82, 2.24) is 5.32 Å². The van der Waals surface area contributed by atoms with Crippen molar-refractivity contribution in [3.8, 4) is 0 Å². The molecule has 0 radical (unpaired) electrons. The first kappa shape index (κ1) is 18.2. The first-order chi connectivity index (χ1) is 11.9. The number of aryl methyl sites for hydroxylation is 1. The van der Waals surface area contributed by atoms with Crippen LogP contribution in [0.1, 0.15) is 18.1 Å². The van der Waals surface area contributed by atoms with Crippen LogP contribution in [-0.4, -0.2) is 24.3 Å². The fraction of sp³-hybridized carbons (Fsp3) is 0.211. The van der Waals surface area contributed by atoms with Crippen LogP contribution in [-0.2, 0) is 20.8 Å². The normalized spacial score (nSPS) is 10.0. The van der Waals surface area contributed by atoms with E-state index in [9.17, 15) is 14.4 Å². The zero-order chi connectivity index (χ0) is 18.2. The molecule has 2 aromatic carbocycles. The number of rotatable bonds is 6. The van der Waals surface area contributed by atoms with Gasteiger partial charge in [0.1, 0.15) is 0 Å². The summed E-state index contributed by atoms with van der Waals surface area (Å²) in [4.78, 5) is 34.8. The summed E-state index contributed by atoms with van der Waals surface area (Å²) >= 11 is 0. The van der Waals surface area contributed by atoms with E-state index < -0.39 is 0 Å². The van der Waals surface area contributed by atoms with E-state index in [-0.39, 0.29) is 30.7 Å². The van der Waals surface area contributed by atoms with Crippen LogP contribution in [0.2, 0.25) is 0 Å². The van der Waals surface area contributed by atoms with Gasteiger partial charge in [-0.25, -0.2) is 0 Å². The Balaban J connectivity index is 1.79. The minimum Gasteiger partial charge on any atom is -0.347 e. The predicted octanol–water partition coefficient (Wildman–Crippen LogP) is 2.25. The van der Waals surface area contributed by atoms with Gasteiger partial charge in [-0.15, -0.1) is 0 Å². The highest BCUT2D eigenvalue weighted by atomic mass is 16.2. The molecule has 25 heavy (non-hydrogen) atoms. The molecule has 0 atom stereocenters. The first-order valence-corrected chi connectivity index (χ1v) is 7.93. The lowest BCUT2D eigenvalue weighted by atomic mass is 10.1. The number of anilines is 2. The molecule has 0 unspecified atom stereocenters. The molecule has 6 heteroatoms. The average molecular weight is 339 g/mol. The Morgan fingerprint density at radius 1 is 0.840 bits per heavy atom. The third-order valence-corrected chi connectivity index (χ3v) is 3.55. The standard InChI is InChI=1S/C19H21N3O3/c1-13-5-3-4-6-15(13)11-18(24)20-12-19(25)22-17-9-7-16(8-10-17)21-14(2)23/h3-10H,11-12H2,1-2H3,(H,20,24)(H,21,23)(H,22,25). The van der Waals surface area contributed by atoms with Gasteiger partial charge in [0, 0.05) is 18.3 Å². The van der Waals surface area contributed by atoms with Crippen LogP contribution in [0, 0.1) is 6.92 Å². The molecule has 3 amide bonds. The summed E-state index contributed by atoms with van der Waals surface area (Å²) in [5, 5.41) is 7.94. The maximum absolute atomic E-state index is 11.9. The molecule has 130 valence electrons. The van der Waals surface area contributed by atoms with E-state index in [1.807, 2.05) is 31.2 Å². The van der Waals surface area contributed by atoms with Crippen molar-refractivity contribution < 1.29 is 14.4 Å². The van der Waals surface area contributed by atoms with Crippen LogP contribution in [0.4, 0.5) is 11.4 Å². The maximum Gasteiger partial charge on any atom is 0.243 e. The largest absolute Gasteiger partial charge is 0.347 e. The van der Waals surface area contributed by atoms with Crippen molar-refractivity contribution >= 4 is 29.1 Å². The number of carbonyl (C=O) groups is 3. The molecular formula is C19H21N3O3. The number of hydrogen-bond acceptors (Lipinski definition) is 3. The molecule has 6 nitrogen and oxygen atoms in total. The van der Waals surface area contributed by atoms with E-state index in [4.69, 9.17) is 0 Å². The first-order valence-electron chi connectivity index (χ1n) is 7.93. The van der Waals surface area contributed by atoms with E-state index in [0.29, 0.717) is 11.4 Å². The Morgan fingerprint density at radius 3 is 2.04 bits per heavy atom. The number of amides is 3. The van der Waals surface area contributed by atoms with Crippen molar-refractivity contribution in [3.63, 3.8) is 0 Å². The monoisotopic (exact) mass is 339 g/mol. The molecule has 0 aliphatic carbocycles. The van der Waals surface area contributed by atoms with Gasteiger partial charge in [-0.2, -0.15) is 0 Å². The summed E-state index contributed by atoms with van der Waals surface area (Å²) in [7, 11) is 0. The van der Waals surface area contributed by atoms with Crippen LogP contribution >= 0.6 is 0 Å². The third kappa shape index (κ3) is 6.10. The molecule has 2 aromatic rings. The molecule has 0 saturated carbocycles. The summed E-state index contributed by atoms with van der Waals surface area (Å²) < 4.78 is 0. The van der Waals surface area contributed by atoms with E-state index in [1.54, 1.807) is 24.3 Å². The Hall–Kier alpha value is -3.15. The fourth-order valence-corrected chi connectivity index (χ4v) is 2.27. The maximum atomic E-state index is 11.9. The predicted molar refractivity (Wildman–Crippen MR) is 97.3 cm³/mol. The molecule has 0 saturated heterocycles. The summed E-state index contributed by atoms with van der Waals surface area (Å²) in [6.45, 7) is 3.27. The third-order valence-electron chi connectivity index (χ3n) is 3.55. The van der Waals surface area contributed by atoms with Gasteiger partial charge in [0.15, 0.2) is 0 Å². The van der Waals surface area contributed by atoms with Crippen molar-refractivity contribution in [1.29, 1.82) is 0 Å². The molecule has 0 bridgehead atoms. The summed E-state index contributed by atoms with van der Waals surface area (Å²) in [5.41, 5.74) is 3.22. The number of nitrogens with one attached hydrogen (secondary N) is 3. The van der Waals surface area contributed by atoms with Crippen molar-refractivity contribution in [2.24, 2.45) is 0 Å².